The summed E-state index contributed by atoms with van der Waals surface area (Å²) in [5, 5.41) is 11.7. The SMILES string of the molecule is COc1ccc(Oc2nnc(NC(=O)Nc3cccc(C(F)(F)F)c3F)s2)cc1OC. The van der Waals surface area contributed by atoms with E-state index in [2.05, 4.69) is 15.5 Å². The second kappa shape index (κ2) is 9.04. The Bertz CT molecular complexity index is 1090. The highest BCUT2D eigenvalue weighted by atomic mass is 32.1. The van der Waals surface area contributed by atoms with E-state index in [9.17, 15) is 22.4 Å². The zero-order valence-corrected chi connectivity index (χ0v) is 16.7. The summed E-state index contributed by atoms with van der Waals surface area (Å²) >= 11 is 0.839. The number of carbonyl (C=O) groups is 1. The van der Waals surface area contributed by atoms with Gasteiger partial charge in [0.25, 0.3) is 0 Å². The van der Waals surface area contributed by atoms with Crippen LogP contribution >= 0.6 is 11.3 Å². The van der Waals surface area contributed by atoms with Crippen LogP contribution in [0.25, 0.3) is 0 Å². The first-order valence-corrected chi connectivity index (χ1v) is 9.20. The standard InChI is InChI=1S/C18H14F4N4O4S/c1-28-12-7-6-9(8-13(12)29-2)30-17-26-25-16(31-17)24-15(27)23-11-5-3-4-10(14(11)19)18(20,21)22/h3-8H,1-2H3,(H2,23,24,25,27). The molecule has 0 spiro atoms. The number of nitrogens with zero attached hydrogens (tertiary/aromatic N) is 2. The largest absolute Gasteiger partial charge is 0.493 e. The van der Waals surface area contributed by atoms with Gasteiger partial charge in [-0.25, -0.2) is 9.18 Å². The van der Waals surface area contributed by atoms with E-state index in [1.54, 1.807) is 18.2 Å². The average Bonchev–Trinajstić information content (AvgIpc) is 3.15. The third-order valence-electron chi connectivity index (χ3n) is 3.74. The molecule has 164 valence electrons. The lowest BCUT2D eigenvalue weighted by molar-refractivity contribution is -0.139. The second-order valence-corrected chi connectivity index (χ2v) is 6.68. The van der Waals surface area contributed by atoms with Gasteiger partial charge in [0.05, 0.1) is 25.5 Å². The second-order valence-electron chi connectivity index (χ2n) is 5.74. The maximum Gasteiger partial charge on any atom is 0.419 e. The Labute approximate surface area is 176 Å². The maximum atomic E-state index is 14.0. The minimum atomic E-state index is -4.89. The molecule has 1 heterocycles. The van der Waals surface area contributed by atoms with Crippen LogP contribution in [-0.4, -0.2) is 30.4 Å². The molecule has 8 nitrogen and oxygen atoms in total. The van der Waals surface area contributed by atoms with Crippen LogP contribution in [0.3, 0.4) is 0 Å². The predicted octanol–water partition coefficient (Wildman–Crippen LogP) is 5.15. The number of aromatic nitrogens is 2. The molecule has 13 heteroatoms. The molecule has 0 bridgehead atoms. The van der Waals surface area contributed by atoms with Crippen molar-refractivity contribution in [1.82, 2.24) is 10.2 Å². The van der Waals surface area contributed by atoms with Crippen molar-refractivity contribution in [2.45, 2.75) is 6.18 Å². The smallest absolute Gasteiger partial charge is 0.419 e. The van der Waals surface area contributed by atoms with Crippen LogP contribution in [0.2, 0.25) is 0 Å². The summed E-state index contributed by atoms with van der Waals surface area (Å²) in [6, 6.07) is 6.30. The fourth-order valence-electron chi connectivity index (χ4n) is 2.38. The van der Waals surface area contributed by atoms with Gasteiger partial charge in [0.1, 0.15) is 5.75 Å². The topological polar surface area (TPSA) is 94.6 Å². The number of anilines is 2. The molecular formula is C18H14F4N4O4S. The Morgan fingerprint density at radius 2 is 1.77 bits per heavy atom. The van der Waals surface area contributed by atoms with Gasteiger partial charge in [0.2, 0.25) is 5.13 Å². The van der Waals surface area contributed by atoms with Gasteiger partial charge in [-0.3, -0.25) is 5.32 Å². The fourth-order valence-corrected chi connectivity index (χ4v) is 2.99. The number of halogens is 4. The summed E-state index contributed by atoms with van der Waals surface area (Å²) in [5.74, 6) is -0.325. The van der Waals surface area contributed by atoms with Gasteiger partial charge in [0, 0.05) is 6.07 Å². The third-order valence-corrected chi connectivity index (χ3v) is 4.46. The minimum absolute atomic E-state index is 0.0274. The molecule has 31 heavy (non-hydrogen) atoms. The molecule has 0 radical (unpaired) electrons. The van der Waals surface area contributed by atoms with Gasteiger partial charge in [-0.15, -0.1) is 5.10 Å². The Kier molecular flexibility index (Phi) is 6.44. The summed E-state index contributed by atoms with van der Waals surface area (Å²) in [7, 11) is 2.94. The van der Waals surface area contributed by atoms with Crippen molar-refractivity contribution in [2.24, 2.45) is 0 Å². The molecule has 1 aromatic heterocycles. The quantitative estimate of drug-likeness (QED) is 0.496. The number of alkyl halides is 3. The fraction of sp³-hybridized carbons (Fsp3) is 0.167. The Balaban J connectivity index is 1.66. The lowest BCUT2D eigenvalue weighted by Crippen LogP contribution is -2.21. The van der Waals surface area contributed by atoms with Crippen LogP contribution in [0.15, 0.2) is 36.4 Å². The molecule has 0 saturated carbocycles. The first kappa shape index (κ1) is 22.1. The van der Waals surface area contributed by atoms with Crippen LogP contribution < -0.4 is 24.8 Å². The molecule has 0 aliphatic carbocycles. The Morgan fingerprint density at radius 1 is 1.03 bits per heavy atom. The van der Waals surface area contributed by atoms with Crippen LogP contribution in [-0.2, 0) is 6.18 Å². The molecule has 0 atom stereocenters. The van der Waals surface area contributed by atoms with E-state index >= 15 is 0 Å². The lowest BCUT2D eigenvalue weighted by Gasteiger charge is -2.11. The van der Waals surface area contributed by atoms with Crippen molar-refractivity contribution in [2.75, 3.05) is 24.9 Å². The summed E-state index contributed by atoms with van der Waals surface area (Å²) < 4.78 is 68.1. The van der Waals surface area contributed by atoms with Crippen LogP contribution in [0.5, 0.6) is 22.4 Å². The molecule has 3 rings (SSSR count). The number of rotatable bonds is 6. The van der Waals surface area contributed by atoms with Gasteiger partial charge in [0.15, 0.2) is 17.3 Å². The van der Waals surface area contributed by atoms with Gasteiger partial charge in [-0.2, -0.15) is 13.2 Å². The molecule has 0 fully saturated rings. The molecule has 2 amide bonds. The molecule has 3 aromatic rings. The number of carbonyl (C=O) groups excluding carboxylic acids is 1. The molecular weight excluding hydrogens is 444 g/mol. The molecule has 2 N–H and O–H groups in total. The molecule has 0 aliphatic heterocycles. The van der Waals surface area contributed by atoms with Gasteiger partial charge in [-0.05, 0) is 35.6 Å². The zero-order valence-electron chi connectivity index (χ0n) is 15.9. The molecule has 0 aliphatic rings. The Hall–Kier alpha value is -3.61. The number of amides is 2. The monoisotopic (exact) mass is 458 g/mol. The summed E-state index contributed by atoms with van der Waals surface area (Å²) in [5.41, 5.74) is -2.13. The first-order valence-electron chi connectivity index (χ1n) is 8.38. The molecule has 0 unspecified atom stereocenters. The number of hydrogen-bond donors (Lipinski definition) is 2. The minimum Gasteiger partial charge on any atom is -0.493 e. The lowest BCUT2D eigenvalue weighted by atomic mass is 10.2. The van der Waals surface area contributed by atoms with E-state index in [1.165, 1.54) is 14.2 Å². The van der Waals surface area contributed by atoms with E-state index in [0.717, 1.165) is 23.5 Å². The first-order chi connectivity index (χ1) is 14.7. The summed E-state index contributed by atoms with van der Waals surface area (Å²) in [4.78, 5) is 12.0. The number of urea groups is 1. The van der Waals surface area contributed by atoms with Crippen molar-refractivity contribution < 1.29 is 36.6 Å². The van der Waals surface area contributed by atoms with Gasteiger partial charge < -0.3 is 19.5 Å². The van der Waals surface area contributed by atoms with Crippen molar-refractivity contribution in [3.8, 4) is 22.4 Å². The number of benzene rings is 2. The number of methoxy groups -OCH3 is 2. The van der Waals surface area contributed by atoms with E-state index in [0.29, 0.717) is 23.3 Å². The van der Waals surface area contributed by atoms with Crippen molar-refractivity contribution in [3.63, 3.8) is 0 Å². The zero-order chi connectivity index (χ0) is 22.6. The van der Waals surface area contributed by atoms with Crippen LogP contribution in [0.1, 0.15) is 5.56 Å². The van der Waals surface area contributed by atoms with Crippen molar-refractivity contribution in [1.29, 1.82) is 0 Å². The van der Waals surface area contributed by atoms with E-state index in [1.807, 2.05) is 5.32 Å². The molecule has 2 aromatic carbocycles. The normalized spacial score (nSPS) is 11.0. The number of ether oxygens (including phenoxy) is 3. The van der Waals surface area contributed by atoms with Crippen molar-refractivity contribution in [3.05, 3.63) is 47.8 Å². The van der Waals surface area contributed by atoms with Crippen LogP contribution in [0.4, 0.5) is 33.2 Å². The van der Waals surface area contributed by atoms with E-state index < -0.39 is 29.3 Å². The average molecular weight is 458 g/mol. The maximum absolute atomic E-state index is 14.0. The Morgan fingerprint density at radius 3 is 2.45 bits per heavy atom. The van der Waals surface area contributed by atoms with E-state index in [4.69, 9.17) is 14.2 Å². The highest BCUT2D eigenvalue weighted by Crippen LogP contribution is 2.35. The van der Waals surface area contributed by atoms with Crippen molar-refractivity contribution >= 4 is 28.2 Å². The summed E-state index contributed by atoms with van der Waals surface area (Å²) in [6.45, 7) is 0. The highest BCUT2D eigenvalue weighted by molar-refractivity contribution is 7.17. The van der Waals surface area contributed by atoms with Gasteiger partial charge >= 0.3 is 17.4 Å². The number of hydrogen-bond acceptors (Lipinski definition) is 7. The van der Waals surface area contributed by atoms with Gasteiger partial charge in [-0.1, -0.05) is 11.2 Å². The predicted molar refractivity (Wildman–Crippen MR) is 104 cm³/mol. The number of nitrogens with one attached hydrogen (secondary N) is 2. The van der Waals surface area contributed by atoms with Crippen LogP contribution in [0, 0.1) is 5.82 Å². The van der Waals surface area contributed by atoms with E-state index in [-0.39, 0.29) is 10.3 Å². The highest BCUT2D eigenvalue weighted by Gasteiger charge is 2.35. The third kappa shape index (κ3) is 5.31. The molecule has 0 saturated heterocycles. The summed E-state index contributed by atoms with van der Waals surface area (Å²) in [6.07, 6.45) is -4.89.